The molecule has 90 valence electrons. The maximum Gasteiger partial charge on any atom is 0.258 e. The van der Waals surface area contributed by atoms with Gasteiger partial charge < -0.3 is 14.8 Å². The number of methoxy groups -OCH3 is 1. The number of hydrogen-bond donors (Lipinski definition) is 1. The van der Waals surface area contributed by atoms with Gasteiger partial charge in [-0.3, -0.25) is 4.79 Å². The van der Waals surface area contributed by atoms with Crippen molar-refractivity contribution in [3.05, 3.63) is 29.8 Å². The van der Waals surface area contributed by atoms with Crippen molar-refractivity contribution in [2.75, 3.05) is 26.9 Å². The molecular weight excluding hydrogens is 220 g/mol. The summed E-state index contributed by atoms with van der Waals surface area (Å²) in [6, 6.07) is 8.66. The lowest BCUT2D eigenvalue weighted by atomic mass is 10.2. The van der Waals surface area contributed by atoms with Crippen molar-refractivity contribution >= 4 is 5.91 Å². The molecule has 0 unspecified atom stereocenters. The second kappa shape index (κ2) is 7.25. The second-order valence-electron chi connectivity index (χ2n) is 3.27. The Hall–Kier alpha value is -2.06. The van der Waals surface area contributed by atoms with Crippen molar-refractivity contribution in [3.8, 4) is 11.8 Å². The summed E-state index contributed by atoms with van der Waals surface area (Å²) in [5.74, 6) is 0.287. The molecule has 0 bridgehead atoms. The van der Waals surface area contributed by atoms with E-state index in [1.807, 2.05) is 6.07 Å². The fourth-order valence-corrected chi connectivity index (χ4v) is 1.15. The molecule has 1 N–H and O–H groups in total. The standard InChI is InChI=1S/C12H14N2O3/c1-16-6-5-14-12(15)9-17-11-4-2-3-10(7-11)8-13/h2-4,7H,5-6,9H2,1H3,(H,14,15). The molecule has 5 nitrogen and oxygen atoms in total. The largest absolute Gasteiger partial charge is 0.484 e. The van der Waals surface area contributed by atoms with Crippen LogP contribution in [0.25, 0.3) is 0 Å². The topological polar surface area (TPSA) is 71.3 Å². The van der Waals surface area contributed by atoms with E-state index in [0.29, 0.717) is 24.5 Å². The zero-order chi connectivity index (χ0) is 12.5. The van der Waals surface area contributed by atoms with Gasteiger partial charge in [0.1, 0.15) is 5.75 Å². The van der Waals surface area contributed by atoms with E-state index in [1.54, 1.807) is 31.4 Å². The molecule has 0 aromatic heterocycles. The molecule has 17 heavy (non-hydrogen) atoms. The first kappa shape index (κ1) is 13.0. The summed E-state index contributed by atoms with van der Waals surface area (Å²) in [5.41, 5.74) is 0.502. The predicted molar refractivity (Wildman–Crippen MR) is 61.5 cm³/mol. The molecule has 1 amide bonds. The van der Waals surface area contributed by atoms with Gasteiger partial charge in [-0.1, -0.05) is 6.07 Å². The Balaban J connectivity index is 2.34. The monoisotopic (exact) mass is 234 g/mol. The molecule has 0 aliphatic rings. The third-order valence-corrected chi connectivity index (χ3v) is 1.96. The molecule has 0 fully saturated rings. The first-order chi connectivity index (χ1) is 8.26. The molecule has 0 atom stereocenters. The minimum atomic E-state index is -0.218. The van der Waals surface area contributed by atoms with Crippen molar-refractivity contribution in [3.63, 3.8) is 0 Å². The van der Waals surface area contributed by atoms with Crippen molar-refractivity contribution in [2.45, 2.75) is 0 Å². The number of nitriles is 1. The molecule has 0 aliphatic heterocycles. The van der Waals surface area contributed by atoms with Crippen LogP contribution >= 0.6 is 0 Å². The van der Waals surface area contributed by atoms with Crippen LogP contribution in [0, 0.1) is 11.3 Å². The van der Waals surface area contributed by atoms with E-state index in [0.717, 1.165) is 0 Å². The Morgan fingerprint density at radius 3 is 3.06 bits per heavy atom. The van der Waals surface area contributed by atoms with Crippen molar-refractivity contribution in [1.82, 2.24) is 5.32 Å². The van der Waals surface area contributed by atoms with Gasteiger partial charge in [0.15, 0.2) is 6.61 Å². The van der Waals surface area contributed by atoms with Crippen LogP contribution in [-0.2, 0) is 9.53 Å². The van der Waals surface area contributed by atoms with Crippen LogP contribution in [0.15, 0.2) is 24.3 Å². The van der Waals surface area contributed by atoms with Crippen LogP contribution < -0.4 is 10.1 Å². The minimum absolute atomic E-state index is 0.0708. The number of carbonyl (C=O) groups is 1. The Morgan fingerprint density at radius 1 is 1.53 bits per heavy atom. The van der Waals surface area contributed by atoms with Gasteiger partial charge >= 0.3 is 0 Å². The first-order valence-electron chi connectivity index (χ1n) is 5.15. The van der Waals surface area contributed by atoms with E-state index in [-0.39, 0.29) is 12.5 Å². The zero-order valence-corrected chi connectivity index (χ0v) is 9.60. The van der Waals surface area contributed by atoms with Crippen LogP contribution in [0.2, 0.25) is 0 Å². The van der Waals surface area contributed by atoms with E-state index in [9.17, 15) is 4.79 Å². The smallest absolute Gasteiger partial charge is 0.258 e. The number of nitrogens with zero attached hydrogens (tertiary/aromatic N) is 1. The van der Waals surface area contributed by atoms with Crippen molar-refractivity contribution < 1.29 is 14.3 Å². The normalized spacial score (nSPS) is 9.41. The lowest BCUT2D eigenvalue weighted by Gasteiger charge is -2.07. The van der Waals surface area contributed by atoms with Crippen LogP contribution in [0.1, 0.15) is 5.56 Å². The molecule has 0 saturated heterocycles. The highest BCUT2D eigenvalue weighted by Crippen LogP contribution is 2.11. The highest BCUT2D eigenvalue weighted by Gasteiger charge is 2.02. The van der Waals surface area contributed by atoms with E-state index < -0.39 is 0 Å². The molecule has 0 spiro atoms. The highest BCUT2D eigenvalue weighted by atomic mass is 16.5. The summed E-state index contributed by atoms with van der Waals surface area (Å²) in [6.45, 7) is 0.852. The molecule has 1 aromatic rings. The SMILES string of the molecule is COCCNC(=O)COc1cccc(C#N)c1. The van der Waals surface area contributed by atoms with E-state index >= 15 is 0 Å². The third kappa shape index (κ3) is 5.00. The lowest BCUT2D eigenvalue weighted by molar-refractivity contribution is -0.123. The Kier molecular flexibility index (Phi) is 5.55. The van der Waals surface area contributed by atoms with Gasteiger partial charge in [-0.15, -0.1) is 0 Å². The third-order valence-electron chi connectivity index (χ3n) is 1.96. The Bertz CT molecular complexity index is 412. The molecule has 1 aromatic carbocycles. The number of amides is 1. The van der Waals surface area contributed by atoms with Gasteiger partial charge in [0.2, 0.25) is 0 Å². The second-order valence-corrected chi connectivity index (χ2v) is 3.27. The van der Waals surface area contributed by atoms with Crippen LogP contribution in [0.3, 0.4) is 0 Å². The van der Waals surface area contributed by atoms with E-state index in [1.165, 1.54) is 0 Å². The fraction of sp³-hybridized carbons (Fsp3) is 0.333. The molecule has 5 heteroatoms. The number of rotatable bonds is 6. The predicted octanol–water partition coefficient (Wildman–Crippen LogP) is 0.700. The van der Waals surface area contributed by atoms with Gasteiger partial charge in [0.05, 0.1) is 18.2 Å². The molecule has 0 radical (unpaired) electrons. The van der Waals surface area contributed by atoms with Gasteiger partial charge in [-0.05, 0) is 18.2 Å². The molecule has 0 saturated carbocycles. The van der Waals surface area contributed by atoms with Gasteiger partial charge in [0.25, 0.3) is 5.91 Å². The van der Waals surface area contributed by atoms with E-state index in [4.69, 9.17) is 14.7 Å². The summed E-state index contributed by atoms with van der Waals surface area (Å²) in [5, 5.41) is 11.3. The molecule has 0 heterocycles. The van der Waals surface area contributed by atoms with Gasteiger partial charge in [-0.2, -0.15) is 5.26 Å². The van der Waals surface area contributed by atoms with Crippen molar-refractivity contribution in [1.29, 1.82) is 5.26 Å². The summed E-state index contributed by atoms with van der Waals surface area (Å²) < 4.78 is 10.0. The van der Waals surface area contributed by atoms with E-state index in [2.05, 4.69) is 5.32 Å². The molecule has 0 aliphatic carbocycles. The number of nitrogens with one attached hydrogen (secondary N) is 1. The number of carbonyl (C=O) groups excluding carboxylic acids is 1. The van der Waals surface area contributed by atoms with Crippen LogP contribution in [0.5, 0.6) is 5.75 Å². The van der Waals surface area contributed by atoms with Gasteiger partial charge in [0, 0.05) is 13.7 Å². The average molecular weight is 234 g/mol. The lowest BCUT2D eigenvalue weighted by Crippen LogP contribution is -2.31. The highest BCUT2D eigenvalue weighted by molar-refractivity contribution is 5.77. The summed E-state index contributed by atoms with van der Waals surface area (Å²) >= 11 is 0. The quantitative estimate of drug-likeness (QED) is 0.735. The van der Waals surface area contributed by atoms with Crippen molar-refractivity contribution in [2.24, 2.45) is 0 Å². The Labute approximate surface area is 100.0 Å². The maximum absolute atomic E-state index is 11.3. The van der Waals surface area contributed by atoms with Gasteiger partial charge in [-0.25, -0.2) is 0 Å². The summed E-state index contributed by atoms with van der Waals surface area (Å²) in [7, 11) is 1.57. The number of hydrogen-bond acceptors (Lipinski definition) is 4. The fourth-order valence-electron chi connectivity index (χ4n) is 1.15. The number of benzene rings is 1. The minimum Gasteiger partial charge on any atom is -0.484 e. The molecular formula is C12H14N2O3. The average Bonchev–Trinajstić information content (AvgIpc) is 2.37. The molecule has 1 rings (SSSR count). The Morgan fingerprint density at radius 2 is 2.35 bits per heavy atom. The first-order valence-corrected chi connectivity index (χ1v) is 5.15. The van der Waals surface area contributed by atoms with Crippen LogP contribution in [-0.4, -0.2) is 32.8 Å². The maximum atomic E-state index is 11.3. The summed E-state index contributed by atoms with van der Waals surface area (Å²) in [4.78, 5) is 11.3. The summed E-state index contributed by atoms with van der Waals surface area (Å²) in [6.07, 6.45) is 0. The zero-order valence-electron chi connectivity index (χ0n) is 9.60. The van der Waals surface area contributed by atoms with Crippen LogP contribution in [0.4, 0.5) is 0 Å². The number of ether oxygens (including phenoxy) is 2.